The second-order valence-corrected chi connectivity index (χ2v) is 7.87. The maximum Gasteiger partial charge on any atom is 0.233 e. The molecule has 1 saturated heterocycles. The highest BCUT2D eigenvalue weighted by molar-refractivity contribution is 8.23. The van der Waals surface area contributed by atoms with Crippen LogP contribution in [0.5, 0.6) is 0 Å². The summed E-state index contributed by atoms with van der Waals surface area (Å²) in [7, 11) is 0. The van der Waals surface area contributed by atoms with E-state index in [4.69, 9.17) is 17.0 Å². The molecule has 0 aromatic rings. The van der Waals surface area contributed by atoms with Crippen LogP contribution in [0.2, 0.25) is 0 Å². The Kier molecular flexibility index (Phi) is 7.37. The van der Waals surface area contributed by atoms with Gasteiger partial charge in [0.15, 0.2) is 0 Å². The Hall–Kier alpha value is -0.390. The smallest absolute Gasteiger partial charge is 0.233 e. The summed E-state index contributed by atoms with van der Waals surface area (Å²) < 4.78 is 6.52. The van der Waals surface area contributed by atoms with Crippen LogP contribution in [0.25, 0.3) is 0 Å². The minimum Gasteiger partial charge on any atom is -0.373 e. The first-order valence-electron chi connectivity index (χ1n) is 7.53. The van der Waals surface area contributed by atoms with Crippen molar-refractivity contribution in [2.75, 3.05) is 12.4 Å². The number of thiocarbonyl (C=S) groups is 1. The minimum atomic E-state index is -0.206. The number of nitrogens with zero attached hydrogens (tertiary/aromatic N) is 1. The quantitative estimate of drug-likeness (QED) is 0.526. The zero-order valence-corrected chi connectivity index (χ0v) is 15.3. The van der Waals surface area contributed by atoms with Gasteiger partial charge in [-0.2, -0.15) is 0 Å². The summed E-state index contributed by atoms with van der Waals surface area (Å²) in [5, 5.41) is 0. The topological polar surface area (TPSA) is 29.5 Å². The summed E-state index contributed by atoms with van der Waals surface area (Å²) in [6.45, 7) is 14.5. The fourth-order valence-corrected chi connectivity index (χ4v) is 4.27. The van der Waals surface area contributed by atoms with Gasteiger partial charge in [-0.25, -0.2) is 0 Å². The monoisotopic (exact) mass is 329 g/mol. The van der Waals surface area contributed by atoms with Crippen LogP contribution in [0, 0.1) is 17.8 Å². The molecular formula is C16H27NO2S2. The lowest BCUT2D eigenvalue weighted by molar-refractivity contribution is -0.139. The lowest BCUT2D eigenvalue weighted by Crippen LogP contribution is -2.47. The van der Waals surface area contributed by atoms with Crippen LogP contribution >= 0.6 is 24.0 Å². The van der Waals surface area contributed by atoms with Gasteiger partial charge in [-0.15, -0.1) is 6.58 Å². The molecule has 5 heteroatoms. The number of hydrogen-bond acceptors (Lipinski definition) is 4. The van der Waals surface area contributed by atoms with Gasteiger partial charge in [0, 0.05) is 11.8 Å². The number of carbonyl (C=O) groups is 1. The first kappa shape index (κ1) is 18.7. The van der Waals surface area contributed by atoms with Crippen LogP contribution in [0.4, 0.5) is 0 Å². The molecule has 1 rings (SSSR count). The van der Waals surface area contributed by atoms with Crippen LogP contribution < -0.4 is 0 Å². The van der Waals surface area contributed by atoms with Crippen molar-refractivity contribution in [2.45, 2.75) is 46.8 Å². The summed E-state index contributed by atoms with van der Waals surface area (Å²) in [4.78, 5) is 14.7. The van der Waals surface area contributed by atoms with Crippen molar-refractivity contribution in [1.82, 2.24) is 4.90 Å². The molecule has 0 spiro atoms. The normalized spacial score (nSPS) is 22.0. The molecule has 1 aliphatic rings. The molecule has 1 aliphatic heterocycles. The van der Waals surface area contributed by atoms with E-state index in [1.54, 1.807) is 17.8 Å². The second-order valence-electron chi connectivity index (χ2n) is 6.22. The van der Waals surface area contributed by atoms with Crippen LogP contribution in [0.3, 0.4) is 0 Å². The Balaban J connectivity index is 2.87. The van der Waals surface area contributed by atoms with Gasteiger partial charge >= 0.3 is 0 Å². The first-order chi connectivity index (χ1) is 9.81. The molecule has 3 atom stereocenters. The minimum absolute atomic E-state index is 0.0893. The number of hydrogen-bond donors (Lipinski definition) is 0. The van der Waals surface area contributed by atoms with E-state index in [1.165, 1.54) is 0 Å². The fourth-order valence-electron chi connectivity index (χ4n) is 2.63. The van der Waals surface area contributed by atoms with Gasteiger partial charge in [-0.3, -0.25) is 9.69 Å². The highest BCUT2D eigenvalue weighted by atomic mass is 32.2. The lowest BCUT2D eigenvalue weighted by atomic mass is 9.92. The highest BCUT2D eigenvalue weighted by Crippen LogP contribution is 2.31. The third-order valence-electron chi connectivity index (χ3n) is 3.86. The summed E-state index contributed by atoms with van der Waals surface area (Å²) in [6.07, 6.45) is 1.61. The summed E-state index contributed by atoms with van der Waals surface area (Å²) in [6, 6.07) is 0.199. The van der Waals surface area contributed by atoms with Gasteiger partial charge in [0.1, 0.15) is 4.32 Å². The number of carbonyl (C=O) groups excluding carboxylic acids is 1. The summed E-state index contributed by atoms with van der Waals surface area (Å²) >= 11 is 6.99. The highest BCUT2D eigenvalue weighted by Gasteiger charge is 2.40. The van der Waals surface area contributed by atoms with Gasteiger partial charge in [0.25, 0.3) is 0 Å². The predicted octanol–water partition coefficient (Wildman–Crippen LogP) is 3.73. The van der Waals surface area contributed by atoms with E-state index in [2.05, 4.69) is 34.3 Å². The molecule has 1 fully saturated rings. The Bertz CT molecular complexity index is 396. The molecule has 0 saturated carbocycles. The van der Waals surface area contributed by atoms with Crippen molar-refractivity contribution >= 4 is 34.2 Å². The molecule has 1 amide bonds. The van der Waals surface area contributed by atoms with Gasteiger partial charge in [-0.1, -0.05) is 64.7 Å². The van der Waals surface area contributed by atoms with Crippen LogP contribution in [0.1, 0.15) is 34.6 Å². The van der Waals surface area contributed by atoms with E-state index >= 15 is 0 Å². The standard InChI is InChI=1S/C16H27NO2S2/c1-7-8-19-14(11(4)5)12(6)15(18)17-13(10(2)3)9-21-16(17)20/h7,10-14H,1,8-9H2,2-6H3/t12-,13-,14+/m1/s1. The molecule has 0 unspecified atom stereocenters. The van der Waals surface area contributed by atoms with Crippen LogP contribution in [0.15, 0.2) is 12.7 Å². The van der Waals surface area contributed by atoms with E-state index in [-0.39, 0.29) is 29.9 Å². The van der Waals surface area contributed by atoms with Gasteiger partial charge in [-0.05, 0) is 11.8 Å². The molecular weight excluding hydrogens is 302 g/mol. The number of rotatable bonds is 7. The Morgan fingerprint density at radius 3 is 2.57 bits per heavy atom. The molecule has 0 aliphatic carbocycles. The molecule has 120 valence electrons. The van der Waals surface area contributed by atoms with Crippen LogP contribution in [-0.4, -0.2) is 39.6 Å². The van der Waals surface area contributed by atoms with Gasteiger partial charge < -0.3 is 4.74 Å². The Morgan fingerprint density at radius 2 is 2.10 bits per heavy atom. The predicted molar refractivity (Wildman–Crippen MR) is 94.5 cm³/mol. The van der Waals surface area contributed by atoms with Crippen molar-refractivity contribution in [2.24, 2.45) is 17.8 Å². The van der Waals surface area contributed by atoms with Crippen molar-refractivity contribution in [1.29, 1.82) is 0 Å². The summed E-state index contributed by atoms with van der Waals surface area (Å²) in [5.74, 6) is 1.45. The van der Waals surface area contributed by atoms with Crippen molar-refractivity contribution in [3.63, 3.8) is 0 Å². The average Bonchev–Trinajstić information content (AvgIpc) is 2.79. The molecule has 0 bridgehead atoms. The van der Waals surface area contributed by atoms with Gasteiger partial charge in [0.2, 0.25) is 5.91 Å². The third kappa shape index (κ3) is 4.54. The van der Waals surface area contributed by atoms with E-state index in [0.717, 1.165) is 5.75 Å². The fraction of sp³-hybridized carbons (Fsp3) is 0.750. The molecule has 21 heavy (non-hydrogen) atoms. The second kappa shape index (κ2) is 8.30. The van der Waals surface area contributed by atoms with E-state index < -0.39 is 0 Å². The maximum absolute atomic E-state index is 12.9. The molecule has 0 N–H and O–H groups in total. The molecule has 0 aromatic carbocycles. The van der Waals surface area contributed by atoms with E-state index in [1.807, 2.05) is 11.8 Å². The van der Waals surface area contributed by atoms with Crippen molar-refractivity contribution < 1.29 is 9.53 Å². The van der Waals surface area contributed by atoms with E-state index in [9.17, 15) is 4.79 Å². The lowest BCUT2D eigenvalue weighted by Gasteiger charge is -2.33. The van der Waals surface area contributed by atoms with Gasteiger partial charge in [0.05, 0.1) is 18.6 Å². The number of amides is 1. The zero-order valence-electron chi connectivity index (χ0n) is 13.7. The largest absolute Gasteiger partial charge is 0.373 e. The molecule has 0 aromatic heterocycles. The SMILES string of the molecule is C=CCO[C@@H](C(C)C)[C@@H](C)C(=O)N1C(=S)SC[C@@H]1C(C)C. The number of ether oxygens (including phenoxy) is 1. The van der Waals surface area contributed by atoms with E-state index in [0.29, 0.717) is 16.8 Å². The molecule has 0 radical (unpaired) electrons. The Labute approximate surface area is 138 Å². The molecule has 1 heterocycles. The third-order valence-corrected chi connectivity index (χ3v) is 5.36. The first-order valence-corrected chi connectivity index (χ1v) is 8.92. The maximum atomic E-state index is 12.9. The Morgan fingerprint density at radius 1 is 1.48 bits per heavy atom. The van der Waals surface area contributed by atoms with Crippen LogP contribution in [-0.2, 0) is 9.53 Å². The summed E-state index contributed by atoms with van der Waals surface area (Å²) in [5.41, 5.74) is 0. The number of thioether (sulfide) groups is 1. The average molecular weight is 330 g/mol. The zero-order chi connectivity index (χ0) is 16.2. The van der Waals surface area contributed by atoms with Crippen molar-refractivity contribution in [3.05, 3.63) is 12.7 Å². The van der Waals surface area contributed by atoms with Crippen molar-refractivity contribution in [3.8, 4) is 0 Å². The molecule has 3 nitrogen and oxygen atoms in total.